The molecular weight excluding hydrogens is 283 g/mol. The summed E-state index contributed by atoms with van der Waals surface area (Å²) in [7, 11) is 0. The summed E-state index contributed by atoms with van der Waals surface area (Å²) in [6.07, 6.45) is 5.47. The average Bonchev–Trinajstić information content (AvgIpc) is 3.25. The van der Waals surface area contributed by atoms with Crippen molar-refractivity contribution in [2.24, 2.45) is 0 Å². The molecule has 1 amide bonds. The van der Waals surface area contributed by atoms with E-state index < -0.39 is 11.7 Å². The van der Waals surface area contributed by atoms with E-state index in [4.69, 9.17) is 0 Å². The lowest BCUT2D eigenvalue weighted by Gasteiger charge is -2.07. The summed E-state index contributed by atoms with van der Waals surface area (Å²) in [4.78, 5) is 23.4. The minimum absolute atomic E-state index is 0.190. The van der Waals surface area contributed by atoms with Gasteiger partial charge in [0.05, 0.1) is 17.4 Å². The largest absolute Gasteiger partial charge is 0.344 e. The highest BCUT2D eigenvalue weighted by molar-refractivity contribution is 6.11. The number of hydrogen-bond donors (Lipinski definition) is 2. The van der Waals surface area contributed by atoms with E-state index in [1.54, 1.807) is 6.20 Å². The van der Waals surface area contributed by atoms with Gasteiger partial charge in [0.15, 0.2) is 0 Å². The fourth-order valence-corrected chi connectivity index (χ4v) is 2.56. The Morgan fingerprint density at radius 1 is 1.27 bits per heavy atom. The van der Waals surface area contributed by atoms with Gasteiger partial charge in [-0.1, -0.05) is 0 Å². The first-order valence-corrected chi connectivity index (χ1v) is 7.10. The predicted octanol–water partition coefficient (Wildman–Crippen LogP) is 3.23. The van der Waals surface area contributed by atoms with Crippen molar-refractivity contribution in [1.82, 2.24) is 15.0 Å². The van der Waals surface area contributed by atoms with Gasteiger partial charge in [-0.15, -0.1) is 0 Å². The van der Waals surface area contributed by atoms with Crippen LogP contribution in [0.4, 0.5) is 10.2 Å². The number of benzene rings is 1. The molecule has 0 radical (unpaired) electrons. The first kappa shape index (κ1) is 12.9. The van der Waals surface area contributed by atoms with Gasteiger partial charge < -0.3 is 10.3 Å². The molecule has 2 heterocycles. The fraction of sp³-hybridized carbons (Fsp3) is 0.188. The lowest BCUT2D eigenvalue weighted by Crippen LogP contribution is -2.14. The molecule has 5 nitrogen and oxygen atoms in total. The van der Waals surface area contributed by atoms with Gasteiger partial charge in [-0.05, 0) is 48.6 Å². The molecule has 110 valence electrons. The van der Waals surface area contributed by atoms with Gasteiger partial charge in [0, 0.05) is 6.20 Å². The third-order valence-electron chi connectivity index (χ3n) is 3.81. The number of hydrogen-bond acceptors (Lipinski definition) is 3. The van der Waals surface area contributed by atoms with Crippen LogP contribution in [-0.4, -0.2) is 20.9 Å². The summed E-state index contributed by atoms with van der Waals surface area (Å²) in [6, 6.07) is 6.33. The van der Waals surface area contributed by atoms with Crippen molar-refractivity contribution >= 4 is 22.8 Å². The molecule has 0 bridgehead atoms. The molecule has 0 spiro atoms. The zero-order chi connectivity index (χ0) is 15.1. The molecule has 6 heteroatoms. The molecule has 1 aromatic carbocycles. The lowest BCUT2D eigenvalue weighted by atomic mass is 10.1. The summed E-state index contributed by atoms with van der Waals surface area (Å²) in [5.74, 6) is 0.145. The maximum Gasteiger partial charge on any atom is 0.259 e. The Hall–Kier alpha value is -2.76. The Balaban J connectivity index is 1.66. The van der Waals surface area contributed by atoms with Crippen LogP contribution in [0, 0.1) is 5.82 Å². The second-order valence-electron chi connectivity index (χ2n) is 5.45. The van der Waals surface area contributed by atoms with Crippen molar-refractivity contribution < 1.29 is 9.18 Å². The topological polar surface area (TPSA) is 70.7 Å². The van der Waals surface area contributed by atoms with Crippen molar-refractivity contribution in [3.8, 4) is 0 Å². The number of anilines is 1. The highest BCUT2D eigenvalue weighted by atomic mass is 19.1. The van der Waals surface area contributed by atoms with Crippen LogP contribution in [-0.2, 0) is 0 Å². The normalized spacial score (nSPS) is 14.2. The van der Waals surface area contributed by atoms with E-state index >= 15 is 0 Å². The fourth-order valence-electron chi connectivity index (χ4n) is 2.56. The summed E-state index contributed by atoms with van der Waals surface area (Å²) < 4.78 is 13.6. The SMILES string of the molecule is O=C(Nc1cc(C2CC2)ccn1)c1cc(F)cc2[nH]cnc12. The quantitative estimate of drug-likeness (QED) is 0.779. The molecule has 0 aliphatic heterocycles. The summed E-state index contributed by atoms with van der Waals surface area (Å²) in [6.45, 7) is 0. The van der Waals surface area contributed by atoms with Crippen LogP contribution >= 0.6 is 0 Å². The van der Waals surface area contributed by atoms with Crippen molar-refractivity contribution in [3.05, 3.63) is 53.7 Å². The molecule has 2 aromatic heterocycles. The maximum atomic E-state index is 13.6. The molecule has 0 unspecified atom stereocenters. The Morgan fingerprint density at radius 2 is 2.14 bits per heavy atom. The molecule has 0 saturated heterocycles. The number of halogens is 1. The maximum absolute atomic E-state index is 13.6. The van der Waals surface area contributed by atoms with Crippen molar-refractivity contribution in [2.45, 2.75) is 18.8 Å². The highest BCUT2D eigenvalue weighted by Gasteiger charge is 2.24. The minimum Gasteiger partial charge on any atom is -0.344 e. The van der Waals surface area contributed by atoms with Gasteiger partial charge in [-0.2, -0.15) is 0 Å². The zero-order valence-electron chi connectivity index (χ0n) is 11.6. The summed E-state index contributed by atoms with van der Waals surface area (Å²) in [5, 5.41) is 2.72. The van der Waals surface area contributed by atoms with E-state index in [9.17, 15) is 9.18 Å². The van der Waals surface area contributed by atoms with Gasteiger partial charge in [0.25, 0.3) is 5.91 Å². The molecule has 2 N–H and O–H groups in total. The number of H-pyrrole nitrogens is 1. The van der Waals surface area contributed by atoms with Crippen LogP contribution in [0.25, 0.3) is 11.0 Å². The number of aromatic amines is 1. The average molecular weight is 296 g/mol. The second-order valence-corrected chi connectivity index (χ2v) is 5.45. The number of nitrogens with one attached hydrogen (secondary N) is 2. The van der Waals surface area contributed by atoms with E-state index in [-0.39, 0.29) is 5.56 Å². The summed E-state index contributed by atoms with van der Waals surface area (Å²) >= 11 is 0. The number of aromatic nitrogens is 3. The Bertz CT molecular complexity index is 869. The van der Waals surface area contributed by atoms with Crippen LogP contribution in [0.1, 0.15) is 34.7 Å². The second kappa shape index (κ2) is 4.91. The van der Waals surface area contributed by atoms with Crippen LogP contribution in [0.15, 0.2) is 36.8 Å². The van der Waals surface area contributed by atoms with E-state index in [2.05, 4.69) is 20.3 Å². The number of nitrogens with zero attached hydrogens (tertiary/aromatic N) is 2. The number of carbonyl (C=O) groups excluding carboxylic acids is 1. The number of fused-ring (bicyclic) bond motifs is 1. The van der Waals surface area contributed by atoms with Crippen LogP contribution in [0.5, 0.6) is 0 Å². The van der Waals surface area contributed by atoms with E-state index in [1.165, 1.54) is 36.9 Å². The van der Waals surface area contributed by atoms with E-state index in [0.717, 1.165) is 0 Å². The van der Waals surface area contributed by atoms with Gasteiger partial charge in [0.2, 0.25) is 0 Å². The molecule has 1 saturated carbocycles. The van der Waals surface area contributed by atoms with Crippen LogP contribution in [0.2, 0.25) is 0 Å². The lowest BCUT2D eigenvalue weighted by molar-refractivity contribution is 0.102. The molecule has 3 aromatic rings. The van der Waals surface area contributed by atoms with Crippen LogP contribution < -0.4 is 5.32 Å². The standard InChI is InChI=1S/C16H13FN4O/c17-11-6-12(15-13(7-11)19-8-20-15)16(22)21-14-5-10(3-4-18-14)9-1-2-9/h3-9H,1-2H2,(H,19,20)(H,18,21,22). The van der Waals surface area contributed by atoms with E-state index in [0.29, 0.717) is 22.8 Å². The monoisotopic (exact) mass is 296 g/mol. The summed E-state index contributed by atoms with van der Waals surface area (Å²) in [5.41, 5.74) is 2.30. The molecule has 1 aliphatic rings. The number of amides is 1. The Kier molecular flexibility index (Phi) is 2.89. The minimum atomic E-state index is -0.485. The molecule has 0 atom stereocenters. The van der Waals surface area contributed by atoms with Crippen molar-refractivity contribution in [3.63, 3.8) is 0 Å². The van der Waals surface area contributed by atoms with E-state index in [1.807, 2.05) is 12.1 Å². The third kappa shape index (κ3) is 2.32. The van der Waals surface area contributed by atoms with Crippen molar-refractivity contribution in [2.75, 3.05) is 5.32 Å². The Labute approximate surface area is 125 Å². The smallest absolute Gasteiger partial charge is 0.259 e. The number of rotatable bonds is 3. The van der Waals surface area contributed by atoms with Gasteiger partial charge in [0.1, 0.15) is 17.2 Å². The van der Waals surface area contributed by atoms with Gasteiger partial charge >= 0.3 is 0 Å². The van der Waals surface area contributed by atoms with Crippen molar-refractivity contribution in [1.29, 1.82) is 0 Å². The molecule has 1 fully saturated rings. The first-order chi connectivity index (χ1) is 10.7. The number of pyridine rings is 1. The molecule has 22 heavy (non-hydrogen) atoms. The third-order valence-corrected chi connectivity index (χ3v) is 3.81. The highest BCUT2D eigenvalue weighted by Crippen LogP contribution is 2.40. The number of imidazole rings is 1. The van der Waals surface area contributed by atoms with Crippen LogP contribution in [0.3, 0.4) is 0 Å². The Morgan fingerprint density at radius 3 is 2.95 bits per heavy atom. The predicted molar refractivity (Wildman–Crippen MR) is 80.2 cm³/mol. The zero-order valence-corrected chi connectivity index (χ0v) is 11.6. The van der Waals surface area contributed by atoms with Gasteiger partial charge in [-0.25, -0.2) is 14.4 Å². The molecule has 4 rings (SSSR count). The molecule has 1 aliphatic carbocycles. The number of carbonyl (C=O) groups is 1. The van der Waals surface area contributed by atoms with Gasteiger partial charge in [-0.3, -0.25) is 4.79 Å². The molecular formula is C16H13FN4O. The first-order valence-electron chi connectivity index (χ1n) is 7.10.